The average Bonchev–Trinajstić information content (AvgIpc) is 2.91. The van der Waals surface area contributed by atoms with Crippen LogP contribution in [0.3, 0.4) is 0 Å². The molecule has 0 aliphatic heterocycles. The van der Waals surface area contributed by atoms with Crippen molar-refractivity contribution in [2.24, 2.45) is 0 Å². The highest BCUT2D eigenvalue weighted by molar-refractivity contribution is 5.94. The molecule has 21 heavy (non-hydrogen) atoms. The Bertz CT molecular complexity index is 682. The maximum Gasteiger partial charge on any atom is 0.358 e. The molecule has 110 valence electrons. The van der Waals surface area contributed by atoms with Gasteiger partial charge in [-0.25, -0.2) is 9.48 Å². The summed E-state index contributed by atoms with van der Waals surface area (Å²) in [5.41, 5.74) is 0.0138. The van der Waals surface area contributed by atoms with E-state index in [0.717, 1.165) is 6.07 Å². The van der Waals surface area contributed by atoms with Gasteiger partial charge in [-0.05, 0) is 18.2 Å². The molecule has 0 aliphatic rings. The number of aromatic hydroxyl groups is 2. The Balaban J connectivity index is 1.88. The van der Waals surface area contributed by atoms with E-state index in [1.54, 1.807) is 0 Å². The number of phenolic OH excluding ortho intramolecular Hbond substituents is 2. The van der Waals surface area contributed by atoms with Gasteiger partial charge >= 0.3 is 5.97 Å². The maximum atomic E-state index is 11.8. The molecule has 4 N–H and O–H groups in total. The van der Waals surface area contributed by atoms with Gasteiger partial charge < -0.3 is 20.6 Å². The lowest BCUT2D eigenvalue weighted by Crippen LogP contribution is -2.27. The van der Waals surface area contributed by atoms with Crippen LogP contribution in [0.25, 0.3) is 0 Å². The molecule has 0 fully saturated rings. The molecular formula is C12H12N4O5. The Morgan fingerprint density at radius 2 is 2.00 bits per heavy atom. The monoisotopic (exact) mass is 292 g/mol. The predicted molar refractivity (Wildman–Crippen MR) is 69.1 cm³/mol. The highest BCUT2D eigenvalue weighted by Gasteiger charge is 2.10. The largest absolute Gasteiger partial charge is 0.504 e. The number of rotatable bonds is 5. The fraction of sp³-hybridized carbons (Fsp3) is 0.167. The van der Waals surface area contributed by atoms with E-state index in [1.807, 2.05) is 0 Å². The molecular weight excluding hydrogens is 280 g/mol. The molecule has 1 amide bonds. The summed E-state index contributed by atoms with van der Waals surface area (Å²) >= 11 is 0. The van der Waals surface area contributed by atoms with Crippen molar-refractivity contribution >= 4 is 11.9 Å². The molecule has 1 aromatic carbocycles. The van der Waals surface area contributed by atoms with Crippen LogP contribution < -0.4 is 5.32 Å². The zero-order valence-corrected chi connectivity index (χ0v) is 10.7. The number of carbonyl (C=O) groups excluding carboxylic acids is 1. The van der Waals surface area contributed by atoms with Gasteiger partial charge in [-0.1, -0.05) is 5.21 Å². The van der Waals surface area contributed by atoms with E-state index < -0.39 is 11.9 Å². The zero-order valence-electron chi connectivity index (χ0n) is 10.7. The van der Waals surface area contributed by atoms with E-state index in [4.69, 9.17) is 10.2 Å². The third-order valence-electron chi connectivity index (χ3n) is 2.62. The van der Waals surface area contributed by atoms with Crippen molar-refractivity contribution in [3.63, 3.8) is 0 Å². The topological polar surface area (TPSA) is 138 Å². The highest BCUT2D eigenvalue weighted by atomic mass is 16.4. The molecule has 9 heteroatoms. The third kappa shape index (κ3) is 3.47. The SMILES string of the molecule is O=C(NCCn1cc(C(=O)O)nn1)c1ccc(O)c(O)c1. The van der Waals surface area contributed by atoms with E-state index in [2.05, 4.69) is 15.6 Å². The Hall–Kier alpha value is -3.10. The number of nitrogens with one attached hydrogen (secondary N) is 1. The van der Waals surface area contributed by atoms with Crippen molar-refractivity contribution < 1.29 is 24.9 Å². The molecule has 9 nitrogen and oxygen atoms in total. The number of aromatic carboxylic acids is 1. The normalized spacial score (nSPS) is 10.3. The number of hydrogen-bond donors (Lipinski definition) is 4. The molecule has 2 rings (SSSR count). The van der Waals surface area contributed by atoms with Crippen LogP contribution in [0.4, 0.5) is 0 Å². The van der Waals surface area contributed by atoms with Crippen molar-refractivity contribution in [2.45, 2.75) is 6.54 Å². The minimum absolute atomic E-state index is 0.176. The number of amides is 1. The van der Waals surface area contributed by atoms with Crippen LogP contribution >= 0.6 is 0 Å². The van der Waals surface area contributed by atoms with Gasteiger partial charge in [0, 0.05) is 12.1 Å². The molecule has 0 saturated heterocycles. The first-order chi connectivity index (χ1) is 9.97. The number of carbonyl (C=O) groups is 2. The van der Waals surface area contributed by atoms with Crippen molar-refractivity contribution in [2.75, 3.05) is 6.54 Å². The Labute approximate surface area is 118 Å². The first kappa shape index (κ1) is 14.3. The molecule has 0 atom stereocenters. The Kier molecular flexibility index (Phi) is 4.02. The molecule has 0 bridgehead atoms. The van der Waals surface area contributed by atoms with Crippen LogP contribution in [0.5, 0.6) is 11.5 Å². The lowest BCUT2D eigenvalue weighted by molar-refractivity contribution is 0.0690. The van der Waals surface area contributed by atoms with Crippen molar-refractivity contribution in [3.8, 4) is 11.5 Å². The Morgan fingerprint density at radius 1 is 1.24 bits per heavy atom. The summed E-state index contributed by atoms with van der Waals surface area (Å²) in [5, 5.41) is 36.7. The van der Waals surface area contributed by atoms with Gasteiger partial charge in [-0.3, -0.25) is 4.79 Å². The van der Waals surface area contributed by atoms with E-state index >= 15 is 0 Å². The molecule has 0 unspecified atom stereocenters. The van der Waals surface area contributed by atoms with Gasteiger partial charge in [-0.15, -0.1) is 5.10 Å². The summed E-state index contributed by atoms with van der Waals surface area (Å²) in [4.78, 5) is 22.4. The molecule has 1 aromatic heterocycles. The summed E-state index contributed by atoms with van der Waals surface area (Å²) in [7, 11) is 0. The second-order valence-electron chi connectivity index (χ2n) is 4.13. The quantitative estimate of drug-likeness (QED) is 0.561. The molecule has 0 saturated carbocycles. The number of nitrogens with zero attached hydrogens (tertiary/aromatic N) is 3. The average molecular weight is 292 g/mol. The minimum Gasteiger partial charge on any atom is -0.504 e. The lowest BCUT2D eigenvalue weighted by atomic mass is 10.2. The van der Waals surface area contributed by atoms with Crippen LogP contribution in [-0.4, -0.2) is 48.7 Å². The lowest BCUT2D eigenvalue weighted by Gasteiger charge is -2.06. The maximum absolute atomic E-state index is 11.8. The minimum atomic E-state index is -1.18. The van der Waals surface area contributed by atoms with E-state index in [9.17, 15) is 14.7 Å². The highest BCUT2D eigenvalue weighted by Crippen LogP contribution is 2.24. The number of phenols is 2. The fourth-order valence-corrected chi connectivity index (χ4v) is 1.56. The first-order valence-corrected chi connectivity index (χ1v) is 5.91. The van der Waals surface area contributed by atoms with Gasteiger partial charge in [0.1, 0.15) is 0 Å². The molecule has 1 heterocycles. The first-order valence-electron chi connectivity index (χ1n) is 5.91. The second-order valence-corrected chi connectivity index (χ2v) is 4.13. The van der Waals surface area contributed by atoms with Gasteiger partial charge in [-0.2, -0.15) is 0 Å². The summed E-state index contributed by atoms with van der Waals surface area (Å²) in [6.07, 6.45) is 1.25. The van der Waals surface area contributed by atoms with Gasteiger partial charge in [0.25, 0.3) is 5.91 Å². The van der Waals surface area contributed by atoms with Crippen molar-refractivity contribution in [3.05, 3.63) is 35.7 Å². The predicted octanol–water partition coefficient (Wildman–Crippen LogP) is -0.183. The Morgan fingerprint density at radius 3 is 2.62 bits per heavy atom. The number of aromatic nitrogens is 3. The fourth-order valence-electron chi connectivity index (χ4n) is 1.56. The van der Waals surface area contributed by atoms with Crippen LogP contribution in [-0.2, 0) is 6.54 Å². The summed E-state index contributed by atoms with van der Waals surface area (Å²) in [6, 6.07) is 3.71. The van der Waals surface area contributed by atoms with Gasteiger partial charge in [0.05, 0.1) is 12.7 Å². The van der Waals surface area contributed by atoms with Crippen molar-refractivity contribution in [1.29, 1.82) is 0 Å². The molecule has 0 aliphatic carbocycles. The van der Waals surface area contributed by atoms with Crippen LogP contribution in [0, 0.1) is 0 Å². The third-order valence-corrected chi connectivity index (χ3v) is 2.62. The van der Waals surface area contributed by atoms with Gasteiger partial charge in [0.2, 0.25) is 0 Å². The smallest absolute Gasteiger partial charge is 0.358 e. The number of carboxylic acids is 1. The van der Waals surface area contributed by atoms with Crippen molar-refractivity contribution in [1.82, 2.24) is 20.3 Å². The van der Waals surface area contributed by atoms with E-state index in [-0.39, 0.29) is 35.8 Å². The number of benzene rings is 1. The van der Waals surface area contributed by atoms with Crippen LogP contribution in [0.1, 0.15) is 20.8 Å². The molecule has 2 aromatic rings. The van der Waals surface area contributed by atoms with E-state index in [1.165, 1.54) is 23.0 Å². The molecule has 0 spiro atoms. The second kappa shape index (κ2) is 5.90. The number of carboxylic acid groups (broad SMARTS) is 1. The van der Waals surface area contributed by atoms with Crippen LogP contribution in [0.15, 0.2) is 24.4 Å². The standard InChI is InChI=1S/C12H12N4O5/c17-9-2-1-7(5-10(9)18)11(19)13-3-4-16-6-8(12(20)21)14-15-16/h1-2,5-6,17-18H,3-4H2,(H,13,19)(H,20,21). The van der Waals surface area contributed by atoms with E-state index in [0.29, 0.717) is 0 Å². The summed E-state index contributed by atoms with van der Waals surface area (Å²) < 4.78 is 1.29. The van der Waals surface area contributed by atoms with Crippen LogP contribution in [0.2, 0.25) is 0 Å². The molecule has 0 radical (unpaired) electrons. The van der Waals surface area contributed by atoms with Gasteiger partial charge in [0.15, 0.2) is 17.2 Å². The summed E-state index contributed by atoms with van der Waals surface area (Å²) in [6.45, 7) is 0.443. The summed E-state index contributed by atoms with van der Waals surface area (Å²) in [5.74, 6) is -2.31. The zero-order chi connectivity index (χ0) is 15.4. The number of hydrogen-bond acceptors (Lipinski definition) is 6.